The molecule has 1 saturated carbocycles. The van der Waals surface area contributed by atoms with Crippen LogP contribution in [0.1, 0.15) is 25.7 Å². The second kappa shape index (κ2) is 6.15. The number of rotatable bonds is 4. The van der Waals surface area contributed by atoms with E-state index in [1.807, 2.05) is 0 Å². The van der Waals surface area contributed by atoms with Crippen LogP contribution in [-0.4, -0.2) is 60.4 Å². The molecular formula is C12H19NO5. The Bertz CT molecular complexity index is 318. The Labute approximate surface area is 106 Å². The maximum absolute atomic E-state index is 12.0. The number of amides is 1. The fourth-order valence-electron chi connectivity index (χ4n) is 2.71. The number of hydrogen-bond donors (Lipinski definition) is 1. The van der Waals surface area contributed by atoms with Crippen LogP contribution in [0.2, 0.25) is 0 Å². The van der Waals surface area contributed by atoms with Crippen LogP contribution in [0.3, 0.4) is 0 Å². The standard InChI is InChI=1S/C12H19NO5/c14-11(7-17-8-12(15)16)13-5-6-18-10-4-2-1-3-9(10)13/h9-10H,1-8H2,(H,15,16). The van der Waals surface area contributed by atoms with Crippen LogP contribution in [0.5, 0.6) is 0 Å². The first-order chi connectivity index (χ1) is 8.68. The van der Waals surface area contributed by atoms with Crippen LogP contribution in [0.4, 0.5) is 0 Å². The zero-order valence-electron chi connectivity index (χ0n) is 10.3. The number of aliphatic carboxylic acids is 1. The summed E-state index contributed by atoms with van der Waals surface area (Å²) in [7, 11) is 0. The molecule has 1 aliphatic carbocycles. The summed E-state index contributed by atoms with van der Waals surface area (Å²) < 4.78 is 10.5. The zero-order chi connectivity index (χ0) is 13.0. The molecule has 2 aliphatic rings. The molecule has 1 N–H and O–H groups in total. The molecule has 6 heteroatoms. The summed E-state index contributed by atoms with van der Waals surface area (Å²) in [6.07, 6.45) is 4.39. The predicted octanol–water partition coefficient (Wildman–Crippen LogP) is 0.258. The third-order valence-electron chi connectivity index (χ3n) is 3.50. The van der Waals surface area contributed by atoms with E-state index in [1.54, 1.807) is 4.90 Å². The van der Waals surface area contributed by atoms with E-state index in [2.05, 4.69) is 0 Å². The van der Waals surface area contributed by atoms with Crippen molar-refractivity contribution in [1.82, 2.24) is 4.90 Å². The van der Waals surface area contributed by atoms with Crippen LogP contribution in [-0.2, 0) is 19.1 Å². The molecule has 1 amide bonds. The van der Waals surface area contributed by atoms with E-state index < -0.39 is 12.6 Å². The monoisotopic (exact) mass is 257 g/mol. The fraction of sp³-hybridized carbons (Fsp3) is 0.833. The SMILES string of the molecule is O=C(O)COCC(=O)N1CCOC2CCCCC21. The summed E-state index contributed by atoms with van der Waals surface area (Å²) in [5.41, 5.74) is 0. The minimum atomic E-state index is -1.06. The molecule has 0 bridgehead atoms. The topological polar surface area (TPSA) is 76.1 Å². The maximum Gasteiger partial charge on any atom is 0.329 e. The van der Waals surface area contributed by atoms with Gasteiger partial charge < -0.3 is 19.5 Å². The Morgan fingerprint density at radius 3 is 2.83 bits per heavy atom. The number of ether oxygens (including phenoxy) is 2. The van der Waals surface area contributed by atoms with Gasteiger partial charge in [0.1, 0.15) is 13.2 Å². The number of carboxylic acid groups (broad SMARTS) is 1. The van der Waals surface area contributed by atoms with Gasteiger partial charge in [-0.2, -0.15) is 0 Å². The number of carbonyl (C=O) groups excluding carboxylic acids is 1. The minimum Gasteiger partial charge on any atom is -0.480 e. The largest absolute Gasteiger partial charge is 0.480 e. The van der Waals surface area contributed by atoms with Crippen LogP contribution in [0.25, 0.3) is 0 Å². The lowest BCUT2D eigenvalue weighted by atomic mass is 9.90. The number of carbonyl (C=O) groups is 2. The molecular weight excluding hydrogens is 238 g/mol. The highest BCUT2D eigenvalue weighted by molar-refractivity contribution is 5.78. The Kier molecular flexibility index (Phi) is 4.54. The molecule has 102 valence electrons. The molecule has 6 nitrogen and oxygen atoms in total. The second-order valence-electron chi connectivity index (χ2n) is 4.73. The lowest BCUT2D eigenvalue weighted by Gasteiger charge is -2.43. The summed E-state index contributed by atoms with van der Waals surface area (Å²) in [4.78, 5) is 24.1. The Morgan fingerprint density at radius 1 is 1.28 bits per heavy atom. The normalized spacial score (nSPS) is 27.7. The van der Waals surface area contributed by atoms with Gasteiger partial charge in [-0.3, -0.25) is 4.79 Å². The zero-order valence-corrected chi connectivity index (χ0v) is 10.3. The quantitative estimate of drug-likeness (QED) is 0.781. The third kappa shape index (κ3) is 3.20. The molecule has 0 aromatic rings. The molecule has 0 spiro atoms. The molecule has 2 unspecified atom stereocenters. The Hall–Kier alpha value is -1.14. The van der Waals surface area contributed by atoms with Crippen LogP contribution >= 0.6 is 0 Å². The maximum atomic E-state index is 12.0. The van der Waals surface area contributed by atoms with Crippen molar-refractivity contribution in [3.05, 3.63) is 0 Å². The molecule has 2 atom stereocenters. The molecule has 1 heterocycles. The van der Waals surface area contributed by atoms with Crippen molar-refractivity contribution in [2.45, 2.75) is 37.8 Å². The first kappa shape index (κ1) is 13.3. The molecule has 1 aliphatic heterocycles. The van der Waals surface area contributed by atoms with Crippen LogP contribution in [0.15, 0.2) is 0 Å². The number of morpholine rings is 1. The Morgan fingerprint density at radius 2 is 2.06 bits per heavy atom. The summed E-state index contributed by atoms with van der Waals surface area (Å²) in [6.45, 7) is 0.558. The third-order valence-corrected chi connectivity index (χ3v) is 3.50. The second-order valence-corrected chi connectivity index (χ2v) is 4.73. The van der Waals surface area contributed by atoms with E-state index >= 15 is 0 Å². The average molecular weight is 257 g/mol. The lowest BCUT2D eigenvalue weighted by Crippen LogP contribution is -2.55. The van der Waals surface area contributed by atoms with Gasteiger partial charge in [-0.1, -0.05) is 12.8 Å². The van der Waals surface area contributed by atoms with E-state index in [0.717, 1.165) is 25.7 Å². The van der Waals surface area contributed by atoms with E-state index in [-0.39, 0.29) is 24.7 Å². The summed E-state index contributed by atoms with van der Waals surface area (Å²) >= 11 is 0. The smallest absolute Gasteiger partial charge is 0.329 e. The van der Waals surface area contributed by atoms with E-state index in [9.17, 15) is 9.59 Å². The van der Waals surface area contributed by atoms with E-state index in [4.69, 9.17) is 14.6 Å². The first-order valence-corrected chi connectivity index (χ1v) is 6.39. The van der Waals surface area contributed by atoms with Crippen molar-refractivity contribution >= 4 is 11.9 Å². The molecule has 2 rings (SSSR count). The van der Waals surface area contributed by atoms with Gasteiger partial charge in [0.2, 0.25) is 5.91 Å². The highest BCUT2D eigenvalue weighted by atomic mass is 16.5. The molecule has 1 saturated heterocycles. The van der Waals surface area contributed by atoms with Crippen LogP contribution in [0, 0.1) is 0 Å². The highest BCUT2D eigenvalue weighted by Crippen LogP contribution is 2.28. The molecule has 2 fully saturated rings. The highest BCUT2D eigenvalue weighted by Gasteiger charge is 2.36. The fourth-order valence-corrected chi connectivity index (χ4v) is 2.71. The van der Waals surface area contributed by atoms with Crippen molar-refractivity contribution in [3.8, 4) is 0 Å². The molecule has 18 heavy (non-hydrogen) atoms. The van der Waals surface area contributed by atoms with Gasteiger partial charge in [0.05, 0.1) is 18.8 Å². The minimum absolute atomic E-state index is 0.128. The van der Waals surface area contributed by atoms with E-state index in [1.165, 1.54) is 0 Å². The van der Waals surface area contributed by atoms with Gasteiger partial charge in [0.15, 0.2) is 0 Å². The lowest BCUT2D eigenvalue weighted by molar-refractivity contribution is -0.156. The van der Waals surface area contributed by atoms with Gasteiger partial charge in [0.25, 0.3) is 0 Å². The average Bonchev–Trinajstić information content (AvgIpc) is 2.37. The van der Waals surface area contributed by atoms with Gasteiger partial charge in [-0.15, -0.1) is 0 Å². The number of carboxylic acids is 1. The van der Waals surface area contributed by atoms with Crippen molar-refractivity contribution in [1.29, 1.82) is 0 Å². The van der Waals surface area contributed by atoms with Crippen molar-refractivity contribution < 1.29 is 24.2 Å². The molecule has 0 aromatic carbocycles. The summed E-state index contributed by atoms with van der Waals surface area (Å²) in [6, 6.07) is 0.147. The number of nitrogens with zero attached hydrogens (tertiary/aromatic N) is 1. The van der Waals surface area contributed by atoms with Crippen molar-refractivity contribution in [3.63, 3.8) is 0 Å². The Balaban J connectivity index is 1.85. The van der Waals surface area contributed by atoms with Crippen LogP contribution < -0.4 is 0 Å². The predicted molar refractivity (Wildman–Crippen MR) is 62.2 cm³/mol. The number of fused-ring (bicyclic) bond motifs is 1. The van der Waals surface area contributed by atoms with Gasteiger partial charge in [-0.05, 0) is 12.8 Å². The van der Waals surface area contributed by atoms with Gasteiger partial charge in [-0.25, -0.2) is 4.79 Å². The first-order valence-electron chi connectivity index (χ1n) is 6.39. The summed E-state index contributed by atoms with van der Waals surface area (Å²) in [5, 5.41) is 8.45. The number of hydrogen-bond acceptors (Lipinski definition) is 4. The summed E-state index contributed by atoms with van der Waals surface area (Å²) in [5.74, 6) is -1.18. The van der Waals surface area contributed by atoms with Crippen molar-refractivity contribution in [2.75, 3.05) is 26.4 Å². The van der Waals surface area contributed by atoms with Crippen molar-refractivity contribution in [2.24, 2.45) is 0 Å². The van der Waals surface area contributed by atoms with Gasteiger partial charge in [0, 0.05) is 6.54 Å². The van der Waals surface area contributed by atoms with Gasteiger partial charge >= 0.3 is 5.97 Å². The molecule has 0 radical (unpaired) electrons. The molecule has 0 aromatic heterocycles. The van der Waals surface area contributed by atoms with E-state index in [0.29, 0.717) is 13.2 Å².